The van der Waals surface area contributed by atoms with Gasteiger partial charge in [0.15, 0.2) is 0 Å². The van der Waals surface area contributed by atoms with Gasteiger partial charge in [-0.15, -0.1) is 0 Å². The molecule has 7 heteroatoms. The topological polar surface area (TPSA) is 63.7 Å². The van der Waals surface area contributed by atoms with Gasteiger partial charge < -0.3 is 4.74 Å². The fourth-order valence-corrected chi connectivity index (χ4v) is 4.01. The van der Waals surface area contributed by atoms with E-state index in [4.69, 9.17) is 4.74 Å². The van der Waals surface area contributed by atoms with Gasteiger partial charge in [-0.25, -0.2) is 13.2 Å². The molecule has 0 spiro atoms. The molecule has 0 aliphatic carbocycles. The number of aryl methyl sites for hydroxylation is 1. The highest BCUT2D eigenvalue weighted by atomic mass is 79.9. The smallest absolute Gasteiger partial charge is 0.343 e. The van der Waals surface area contributed by atoms with Gasteiger partial charge in [0.05, 0.1) is 16.1 Å². The zero-order valence-electron chi connectivity index (χ0n) is 15.3. The summed E-state index contributed by atoms with van der Waals surface area (Å²) in [7, 11) is -2.34. The van der Waals surface area contributed by atoms with Crippen molar-refractivity contribution in [3.63, 3.8) is 0 Å². The molecule has 28 heavy (non-hydrogen) atoms. The first-order valence-corrected chi connectivity index (χ1v) is 10.6. The van der Waals surface area contributed by atoms with Crippen LogP contribution in [0.4, 0.5) is 5.69 Å². The molecule has 0 saturated carbocycles. The Bertz CT molecular complexity index is 1090. The second-order valence-corrected chi connectivity index (χ2v) is 9.06. The Labute approximate surface area is 172 Å². The molecule has 0 fully saturated rings. The number of carbonyl (C=O) groups excluding carboxylic acids is 1. The van der Waals surface area contributed by atoms with Crippen LogP contribution in [-0.2, 0) is 10.0 Å². The van der Waals surface area contributed by atoms with E-state index in [1.165, 1.54) is 35.6 Å². The average molecular weight is 460 g/mol. The van der Waals surface area contributed by atoms with E-state index in [0.717, 1.165) is 10.0 Å². The minimum Gasteiger partial charge on any atom is -0.423 e. The molecule has 0 aliphatic heterocycles. The molecule has 0 aliphatic rings. The minimum absolute atomic E-state index is 0.0147. The van der Waals surface area contributed by atoms with Crippen LogP contribution in [0.5, 0.6) is 5.75 Å². The normalized spacial score (nSPS) is 11.1. The fraction of sp³-hybridized carbons (Fsp3) is 0.0952. The van der Waals surface area contributed by atoms with Crippen molar-refractivity contribution >= 4 is 37.6 Å². The van der Waals surface area contributed by atoms with Gasteiger partial charge in [0.2, 0.25) is 0 Å². The van der Waals surface area contributed by atoms with Gasteiger partial charge in [-0.1, -0.05) is 39.7 Å². The van der Waals surface area contributed by atoms with Crippen LogP contribution in [0.2, 0.25) is 0 Å². The summed E-state index contributed by atoms with van der Waals surface area (Å²) in [5, 5.41) is 0. The average Bonchev–Trinajstić information content (AvgIpc) is 2.70. The third-order valence-corrected chi connectivity index (χ3v) is 6.46. The number of anilines is 1. The maximum absolute atomic E-state index is 13.0. The van der Waals surface area contributed by atoms with Crippen LogP contribution < -0.4 is 9.04 Å². The predicted octanol–water partition coefficient (Wildman–Crippen LogP) is 4.80. The molecule has 3 aromatic carbocycles. The lowest BCUT2D eigenvalue weighted by Gasteiger charge is -2.20. The molecule has 3 rings (SSSR count). The zero-order valence-corrected chi connectivity index (χ0v) is 17.7. The number of benzene rings is 3. The van der Waals surface area contributed by atoms with E-state index in [2.05, 4.69) is 15.9 Å². The molecular weight excluding hydrogens is 442 g/mol. The maximum atomic E-state index is 13.0. The molecule has 0 radical (unpaired) electrons. The third-order valence-electron chi connectivity index (χ3n) is 4.15. The Morgan fingerprint density at radius 3 is 2.25 bits per heavy atom. The first-order valence-electron chi connectivity index (χ1n) is 8.41. The lowest BCUT2D eigenvalue weighted by Crippen LogP contribution is -2.26. The number of esters is 1. The molecule has 0 amide bonds. The number of hydrogen-bond donors (Lipinski definition) is 0. The van der Waals surface area contributed by atoms with E-state index in [0.29, 0.717) is 11.4 Å². The van der Waals surface area contributed by atoms with Gasteiger partial charge in [-0.05, 0) is 61.5 Å². The Kier molecular flexibility index (Phi) is 5.86. The van der Waals surface area contributed by atoms with E-state index in [1.807, 2.05) is 19.1 Å². The maximum Gasteiger partial charge on any atom is 0.343 e. The van der Waals surface area contributed by atoms with E-state index >= 15 is 0 Å². The summed E-state index contributed by atoms with van der Waals surface area (Å²) in [6.07, 6.45) is 0. The number of carbonyl (C=O) groups is 1. The Balaban J connectivity index is 1.86. The quantitative estimate of drug-likeness (QED) is 0.405. The van der Waals surface area contributed by atoms with Crippen molar-refractivity contribution in [3.05, 3.63) is 88.4 Å². The van der Waals surface area contributed by atoms with E-state index in [9.17, 15) is 13.2 Å². The molecule has 0 aromatic heterocycles. The van der Waals surface area contributed by atoms with Crippen LogP contribution in [0, 0.1) is 6.92 Å². The first-order chi connectivity index (χ1) is 13.3. The van der Waals surface area contributed by atoms with Gasteiger partial charge in [0.25, 0.3) is 10.0 Å². The van der Waals surface area contributed by atoms with Crippen molar-refractivity contribution in [2.24, 2.45) is 0 Å². The third kappa shape index (κ3) is 4.43. The van der Waals surface area contributed by atoms with E-state index in [-0.39, 0.29) is 10.5 Å². The summed E-state index contributed by atoms with van der Waals surface area (Å²) in [4.78, 5) is 12.4. The van der Waals surface area contributed by atoms with Crippen molar-refractivity contribution in [2.45, 2.75) is 11.8 Å². The molecule has 0 unspecified atom stereocenters. The molecule has 0 N–H and O–H groups in total. The zero-order chi connectivity index (χ0) is 20.3. The largest absolute Gasteiger partial charge is 0.423 e. The fourth-order valence-electron chi connectivity index (χ4n) is 2.50. The summed E-state index contributed by atoms with van der Waals surface area (Å²) < 4.78 is 33.3. The number of ether oxygens (including phenoxy) is 1. The highest BCUT2D eigenvalue weighted by Gasteiger charge is 2.23. The molecule has 0 heterocycles. The molecule has 5 nitrogen and oxygen atoms in total. The molecule has 0 saturated heterocycles. The second-order valence-electron chi connectivity index (χ2n) is 6.18. The molecule has 0 atom stereocenters. The van der Waals surface area contributed by atoms with Gasteiger partial charge in [-0.3, -0.25) is 4.31 Å². The first kappa shape index (κ1) is 20.1. The van der Waals surface area contributed by atoms with Gasteiger partial charge >= 0.3 is 5.97 Å². The van der Waals surface area contributed by atoms with Crippen molar-refractivity contribution in [1.82, 2.24) is 0 Å². The van der Waals surface area contributed by atoms with Crippen LogP contribution in [0.3, 0.4) is 0 Å². The lowest BCUT2D eigenvalue weighted by atomic mass is 10.2. The van der Waals surface area contributed by atoms with Gasteiger partial charge in [-0.2, -0.15) is 0 Å². The predicted molar refractivity (Wildman–Crippen MR) is 112 cm³/mol. The van der Waals surface area contributed by atoms with Crippen molar-refractivity contribution in [1.29, 1.82) is 0 Å². The van der Waals surface area contributed by atoms with E-state index < -0.39 is 16.0 Å². The van der Waals surface area contributed by atoms with Crippen LogP contribution >= 0.6 is 15.9 Å². The van der Waals surface area contributed by atoms with Crippen molar-refractivity contribution in [2.75, 3.05) is 11.4 Å². The highest BCUT2D eigenvalue weighted by molar-refractivity contribution is 9.10. The standard InChI is InChI=1S/C21H18BrNO4S/c1-15-6-10-18(11-7-15)23(2)28(25,26)20-5-3-4-16(14-20)21(24)27-19-12-8-17(22)9-13-19/h3-14H,1-2H3. The molecule has 3 aromatic rings. The van der Waals surface area contributed by atoms with Gasteiger partial charge in [0.1, 0.15) is 5.75 Å². The van der Waals surface area contributed by atoms with Crippen LogP contribution in [0.1, 0.15) is 15.9 Å². The van der Waals surface area contributed by atoms with Crippen LogP contribution in [0.15, 0.2) is 82.2 Å². The summed E-state index contributed by atoms with van der Waals surface area (Å²) in [5.41, 5.74) is 1.72. The SMILES string of the molecule is Cc1ccc(N(C)S(=O)(=O)c2cccc(C(=O)Oc3ccc(Br)cc3)c2)cc1. The summed E-state index contributed by atoms with van der Waals surface area (Å²) in [6.45, 7) is 1.93. The summed E-state index contributed by atoms with van der Waals surface area (Å²) >= 11 is 3.31. The number of halogens is 1. The molecule has 0 bridgehead atoms. The Morgan fingerprint density at radius 2 is 1.61 bits per heavy atom. The number of rotatable bonds is 5. The number of sulfonamides is 1. The summed E-state index contributed by atoms with van der Waals surface area (Å²) in [5.74, 6) is -0.254. The summed E-state index contributed by atoms with van der Waals surface area (Å²) in [6, 6.07) is 19.8. The Hall–Kier alpha value is -2.64. The Morgan fingerprint density at radius 1 is 0.964 bits per heavy atom. The van der Waals surface area contributed by atoms with E-state index in [1.54, 1.807) is 36.4 Å². The van der Waals surface area contributed by atoms with Gasteiger partial charge in [0, 0.05) is 11.5 Å². The number of nitrogens with zero attached hydrogens (tertiary/aromatic N) is 1. The molecule has 144 valence electrons. The second kappa shape index (κ2) is 8.16. The molecular formula is C21H18BrNO4S. The monoisotopic (exact) mass is 459 g/mol. The van der Waals surface area contributed by atoms with Crippen LogP contribution in [-0.4, -0.2) is 21.4 Å². The van der Waals surface area contributed by atoms with Crippen molar-refractivity contribution in [3.8, 4) is 5.75 Å². The lowest BCUT2D eigenvalue weighted by molar-refractivity contribution is 0.0734. The van der Waals surface area contributed by atoms with Crippen LogP contribution in [0.25, 0.3) is 0 Å². The van der Waals surface area contributed by atoms with Crippen molar-refractivity contribution < 1.29 is 17.9 Å². The minimum atomic E-state index is -3.82. The number of hydrogen-bond acceptors (Lipinski definition) is 4. The highest BCUT2D eigenvalue weighted by Crippen LogP contribution is 2.24.